The molecule has 1 atom stereocenters. The SMILES string of the molecule is CC(C)(C)c1ccc(N[C@H](C(=O)OCc2ccccc2)C(F)(F)F)cc1. The van der Waals surface area contributed by atoms with Crippen molar-refractivity contribution in [3.05, 3.63) is 65.7 Å². The van der Waals surface area contributed by atoms with Crippen molar-refractivity contribution in [2.75, 3.05) is 5.32 Å². The number of alkyl halides is 3. The van der Waals surface area contributed by atoms with Crippen LogP contribution in [-0.4, -0.2) is 18.2 Å². The van der Waals surface area contributed by atoms with E-state index in [-0.39, 0.29) is 17.7 Å². The molecule has 1 N–H and O–H groups in total. The highest BCUT2D eigenvalue weighted by Gasteiger charge is 2.46. The number of hydrogen-bond acceptors (Lipinski definition) is 3. The first kappa shape index (κ1) is 19.8. The molecule has 0 aliphatic rings. The Labute approximate surface area is 151 Å². The zero-order chi connectivity index (χ0) is 19.4. The topological polar surface area (TPSA) is 38.3 Å². The summed E-state index contributed by atoms with van der Waals surface area (Å²) in [6.45, 7) is 5.82. The molecule has 140 valence electrons. The van der Waals surface area contributed by atoms with Crippen LogP contribution in [0.1, 0.15) is 31.9 Å². The number of rotatable bonds is 5. The van der Waals surface area contributed by atoms with E-state index in [2.05, 4.69) is 5.32 Å². The van der Waals surface area contributed by atoms with Gasteiger partial charge in [0.15, 0.2) is 0 Å². The number of ether oxygens (including phenoxy) is 1. The Balaban J connectivity index is 2.08. The molecular formula is C20H22F3NO2. The van der Waals surface area contributed by atoms with Gasteiger partial charge in [-0.25, -0.2) is 4.79 Å². The van der Waals surface area contributed by atoms with Crippen LogP contribution in [0, 0.1) is 0 Å². The molecule has 0 aliphatic heterocycles. The average molecular weight is 365 g/mol. The molecule has 3 nitrogen and oxygen atoms in total. The zero-order valence-corrected chi connectivity index (χ0v) is 14.9. The molecule has 0 radical (unpaired) electrons. The van der Waals surface area contributed by atoms with Crippen LogP contribution in [0.5, 0.6) is 0 Å². The van der Waals surface area contributed by atoms with Gasteiger partial charge in [0.1, 0.15) is 6.61 Å². The molecule has 0 spiro atoms. The van der Waals surface area contributed by atoms with Crippen molar-refractivity contribution in [3.63, 3.8) is 0 Å². The fourth-order valence-electron chi connectivity index (χ4n) is 2.32. The van der Waals surface area contributed by atoms with Gasteiger partial charge in [-0.3, -0.25) is 0 Å². The molecule has 0 aromatic heterocycles. The summed E-state index contributed by atoms with van der Waals surface area (Å²) in [5, 5.41) is 2.23. The quantitative estimate of drug-likeness (QED) is 0.752. The Kier molecular flexibility index (Phi) is 5.95. The van der Waals surface area contributed by atoms with Crippen molar-refractivity contribution in [1.82, 2.24) is 0 Å². The zero-order valence-electron chi connectivity index (χ0n) is 14.9. The van der Waals surface area contributed by atoms with Gasteiger partial charge in [0, 0.05) is 5.69 Å². The lowest BCUT2D eigenvalue weighted by Gasteiger charge is -2.23. The maximum absolute atomic E-state index is 13.3. The maximum atomic E-state index is 13.3. The lowest BCUT2D eigenvalue weighted by atomic mass is 9.87. The largest absolute Gasteiger partial charge is 0.459 e. The van der Waals surface area contributed by atoms with Gasteiger partial charge in [-0.2, -0.15) is 13.2 Å². The first-order chi connectivity index (χ1) is 12.1. The van der Waals surface area contributed by atoms with E-state index in [1.807, 2.05) is 20.8 Å². The summed E-state index contributed by atoms with van der Waals surface area (Å²) in [7, 11) is 0. The van der Waals surface area contributed by atoms with Gasteiger partial charge in [-0.1, -0.05) is 63.2 Å². The minimum Gasteiger partial charge on any atom is -0.459 e. The second-order valence-electron chi connectivity index (χ2n) is 7.04. The lowest BCUT2D eigenvalue weighted by molar-refractivity contribution is -0.177. The molecule has 2 rings (SSSR count). The van der Waals surface area contributed by atoms with Crippen LogP contribution in [0.4, 0.5) is 18.9 Å². The molecule has 0 unspecified atom stereocenters. The molecular weight excluding hydrogens is 343 g/mol. The number of hydrogen-bond donors (Lipinski definition) is 1. The minimum atomic E-state index is -4.77. The molecule has 2 aromatic rings. The predicted molar refractivity (Wildman–Crippen MR) is 94.8 cm³/mol. The third-order valence-corrected chi connectivity index (χ3v) is 3.85. The van der Waals surface area contributed by atoms with E-state index in [1.54, 1.807) is 42.5 Å². The number of halogens is 3. The van der Waals surface area contributed by atoms with E-state index in [0.717, 1.165) is 5.56 Å². The fourth-order valence-corrected chi connectivity index (χ4v) is 2.32. The van der Waals surface area contributed by atoms with Crippen LogP contribution < -0.4 is 5.32 Å². The molecule has 26 heavy (non-hydrogen) atoms. The van der Waals surface area contributed by atoms with Crippen molar-refractivity contribution < 1.29 is 22.7 Å². The number of esters is 1. The summed E-state index contributed by atoms with van der Waals surface area (Å²) in [4.78, 5) is 12.0. The van der Waals surface area contributed by atoms with Crippen LogP contribution in [0.15, 0.2) is 54.6 Å². The number of anilines is 1. The van der Waals surface area contributed by atoms with Gasteiger partial charge in [-0.05, 0) is 28.7 Å². The standard InChI is InChI=1S/C20H22F3NO2/c1-19(2,3)15-9-11-16(12-10-15)24-17(20(21,22)23)18(25)26-13-14-7-5-4-6-8-14/h4-12,17,24H,13H2,1-3H3/t17-/m1/s1. The predicted octanol–water partition coefficient (Wildman–Crippen LogP) is 5.07. The molecule has 6 heteroatoms. The van der Waals surface area contributed by atoms with Crippen molar-refractivity contribution in [1.29, 1.82) is 0 Å². The Morgan fingerprint density at radius 2 is 1.58 bits per heavy atom. The third-order valence-electron chi connectivity index (χ3n) is 3.85. The summed E-state index contributed by atoms with van der Waals surface area (Å²) in [5.74, 6) is -1.36. The van der Waals surface area contributed by atoms with E-state index in [1.165, 1.54) is 12.1 Å². The Morgan fingerprint density at radius 1 is 1.00 bits per heavy atom. The maximum Gasteiger partial charge on any atom is 0.419 e. The Morgan fingerprint density at radius 3 is 2.08 bits per heavy atom. The van der Waals surface area contributed by atoms with Crippen LogP contribution in [0.2, 0.25) is 0 Å². The van der Waals surface area contributed by atoms with Crippen molar-refractivity contribution in [2.45, 2.75) is 45.0 Å². The van der Waals surface area contributed by atoms with Gasteiger partial charge in [0.05, 0.1) is 0 Å². The summed E-state index contributed by atoms with van der Waals surface area (Å²) in [6.07, 6.45) is -4.77. The number of benzene rings is 2. The van der Waals surface area contributed by atoms with Crippen LogP contribution in [0.3, 0.4) is 0 Å². The highest BCUT2D eigenvalue weighted by molar-refractivity contribution is 5.80. The molecule has 0 fully saturated rings. The Bertz CT molecular complexity index is 719. The van der Waals surface area contributed by atoms with Crippen LogP contribution >= 0.6 is 0 Å². The highest BCUT2D eigenvalue weighted by atomic mass is 19.4. The smallest absolute Gasteiger partial charge is 0.419 e. The average Bonchev–Trinajstić information content (AvgIpc) is 2.57. The molecule has 2 aromatic carbocycles. The van der Waals surface area contributed by atoms with Gasteiger partial charge in [-0.15, -0.1) is 0 Å². The summed E-state index contributed by atoms with van der Waals surface area (Å²) >= 11 is 0. The van der Waals surface area contributed by atoms with Crippen LogP contribution in [0.25, 0.3) is 0 Å². The first-order valence-electron chi connectivity index (χ1n) is 8.22. The summed E-state index contributed by atoms with van der Waals surface area (Å²) in [6, 6.07) is 12.7. The minimum absolute atomic E-state index is 0.115. The van der Waals surface area contributed by atoms with Crippen LogP contribution in [-0.2, 0) is 21.6 Å². The molecule has 0 bridgehead atoms. The van der Waals surface area contributed by atoms with E-state index < -0.39 is 18.2 Å². The number of nitrogens with one attached hydrogen (secondary N) is 1. The number of carbonyl (C=O) groups excluding carboxylic acids is 1. The molecule has 0 saturated carbocycles. The molecule has 0 aliphatic carbocycles. The van der Waals surface area contributed by atoms with E-state index in [4.69, 9.17) is 4.74 Å². The van der Waals surface area contributed by atoms with Gasteiger partial charge >= 0.3 is 12.1 Å². The van der Waals surface area contributed by atoms with E-state index in [0.29, 0.717) is 5.56 Å². The first-order valence-corrected chi connectivity index (χ1v) is 8.22. The third kappa shape index (κ3) is 5.51. The highest BCUT2D eigenvalue weighted by Crippen LogP contribution is 2.27. The summed E-state index contributed by atoms with van der Waals surface area (Å²) in [5.41, 5.74) is 1.70. The second-order valence-corrected chi connectivity index (χ2v) is 7.04. The normalized spacial score (nSPS) is 13.2. The van der Waals surface area contributed by atoms with Crippen molar-refractivity contribution in [3.8, 4) is 0 Å². The lowest BCUT2D eigenvalue weighted by Crippen LogP contribution is -2.44. The van der Waals surface area contributed by atoms with Gasteiger partial charge in [0.25, 0.3) is 0 Å². The second kappa shape index (κ2) is 7.81. The molecule has 0 saturated heterocycles. The number of carbonyl (C=O) groups is 1. The van der Waals surface area contributed by atoms with Gasteiger partial charge < -0.3 is 10.1 Å². The van der Waals surface area contributed by atoms with Gasteiger partial charge in [0.2, 0.25) is 6.04 Å². The Hall–Kier alpha value is -2.50. The molecule has 0 heterocycles. The summed E-state index contributed by atoms with van der Waals surface area (Å²) < 4.78 is 44.7. The van der Waals surface area contributed by atoms with Crippen molar-refractivity contribution >= 4 is 11.7 Å². The van der Waals surface area contributed by atoms with Crippen molar-refractivity contribution in [2.24, 2.45) is 0 Å². The van der Waals surface area contributed by atoms with E-state index >= 15 is 0 Å². The van der Waals surface area contributed by atoms with E-state index in [9.17, 15) is 18.0 Å². The fraction of sp³-hybridized carbons (Fsp3) is 0.350. The molecule has 0 amide bonds. The monoisotopic (exact) mass is 365 g/mol.